The summed E-state index contributed by atoms with van der Waals surface area (Å²) in [5, 5.41) is 4.79. The summed E-state index contributed by atoms with van der Waals surface area (Å²) in [5.74, 6) is 0. The zero-order valence-corrected chi connectivity index (χ0v) is 9.63. The Balaban J connectivity index is 3.06. The van der Waals surface area contributed by atoms with Gasteiger partial charge < -0.3 is 5.32 Å². The molecular formula is C9H10Cl3N. The van der Waals surface area contributed by atoms with Crippen LogP contribution in [0.2, 0.25) is 15.1 Å². The largest absolute Gasteiger partial charge is 0.380 e. The summed E-state index contributed by atoms with van der Waals surface area (Å²) < 4.78 is 0. The number of hydrogen-bond acceptors (Lipinski definition) is 1. The minimum Gasteiger partial charge on any atom is -0.380 e. The molecule has 1 aromatic rings. The molecule has 0 heterocycles. The van der Waals surface area contributed by atoms with E-state index in [4.69, 9.17) is 34.8 Å². The summed E-state index contributed by atoms with van der Waals surface area (Å²) in [7, 11) is 0. The molecule has 72 valence electrons. The van der Waals surface area contributed by atoms with Crippen molar-refractivity contribution in [2.24, 2.45) is 0 Å². The molecule has 1 rings (SSSR count). The molecular weight excluding hydrogens is 228 g/mol. The molecule has 0 radical (unpaired) electrons. The Kier molecular flexibility index (Phi) is 3.72. The monoisotopic (exact) mass is 237 g/mol. The zero-order valence-electron chi connectivity index (χ0n) is 7.37. The summed E-state index contributed by atoms with van der Waals surface area (Å²) in [6, 6.07) is 3.62. The maximum Gasteiger partial charge on any atom is 0.0721 e. The van der Waals surface area contributed by atoms with E-state index in [0.29, 0.717) is 15.1 Å². The van der Waals surface area contributed by atoms with E-state index in [1.54, 1.807) is 12.1 Å². The average molecular weight is 239 g/mol. The summed E-state index contributed by atoms with van der Waals surface area (Å²) in [6.45, 7) is 4.03. The van der Waals surface area contributed by atoms with Gasteiger partial charge in [0.25, 0.3) is 0 Å². The maximum atomic E-state index is 5.95. The molecule has 0 spiro atoms. The van der Waals surface area contributed by atoms with Crippen LogP contribution in [0.3, 0.4) is 0 Å². The van der Waals surface area contributed by atoms with Crippen molar-refractivity contribution in [3.05, 3.63) is 27.2 Å². The van der Waals surface area contributed by atoms with Gasteiger partial charge in [-0.3, -0.25) is 0 Å². The molecule has 1 aromatic carbocycles. The summed E-state index contributed by atoms with van der Waals surface area (Å²) in [5.41, 5.74) is 0.739. The number of hydrogen-bond donors (Lipinski definition) is 1. The summed E-state index contributed by atoms with van der Waals surface area (Å²) >= 11 is 17.7. The molecule has 0 fully saturated rings. The van der Waals surface area contributed by atoms with E-state index in [-0.39, 0.29) is 6.04 Å². The zero-order chi connectivity index (χ0) is 10.0. The second-order valence-corrected chi connectivity index (χ2v) is 4.29. The molecule has 0 aliphatic rings. The van der Waals surface area contributed by atoms with Crippen molar-refractivity contribution in [3.63, 3.8) is 0 Å². The van der Waals surface area contributed by atoms with Crippen LogP contribution in [0.4, 0.5) is 5.69 Å². The van der Waals surface area contributed by atoms with E-state index < -0.39 is 0 Å². The average Bonchev–Trinajstić information content (AvgIpc) is 1.96. The predicted octanol–water partition coefficient (Wildman–Crippen LogP) is 4.47. The minimum absolute atomic E-state index is 0.288. The van der Waals surface area contributed by atoms with Crippen molar-refractivity contribution in [1.82, 2.24) is 0 Å². The second kappa shape index (κ2) is 4.41. The first-order valence-electron chi connectivity index (χ1n) is 3.92. The van der Waals surface area contributed by atoms with Crippen LogP contribution in [-0.2, 0) is 0 Å². The van der Waals surface area contributed by atoms with E-state index in [2.05, 4.69) is 5.32 Å². The van der Waals surface area contributed by atoms with Gasteiger partial charge >= 0.3 is 0 Å². The Morgan fingerprint density at radius 3 is 1.92 bits per heavy atom. The van der Waals surface area contributed by atoms with Crippen molar-refractivity contribution in [3.8, 4) is 0 Å². The molecule has 1 N–H and O–H groups in total. The van der Waals surface area contributed by atoms with Crippen molar-refractivity contribution < 1.29 is 0 Å². The lowest BCUT2D eigenvalue weighted by Crippen LogP contribution is -2.10. The molecule has 0 saturated heterocycles. The highest BCUT2D eigenvalue weighted by molar-refractivity contribution is 6.41. The summed E-state index contributed by atoms with van der Waals surface area (Å²) in [6.07, 6.45) is 0. The van der Waals surface area contributed by atoms with Crippen LogP contribution >= 0.6 is 34.8 Å². The van der Waals surface area contributed by atoms with Crippen molar-refractivity contribution in [2.45, 2.75) is 19.9 Å². The van der Waals surface area contributed by atoms with E-state index >= 15 is 0 Å². The minimum atomic E-state index is 0.288. The van der Waals surface area contributed by atoms with Crippen molar-refractivity contribution in [2.75, 3.05) is 5.32 Å². The van der Waals surface area contributed by atoms with E-state index in [0.717, 1.165) is 5.69 Å². The van der Waals surface area contributed by atoms with Crippen molar-refractivity contribution in [1.29, 1.82) is 0 Å². The molecule has 1 nitrogen and oxygen atoms in total. The molecule has 4 heteroatoms. The fourth-order valence-electron chi connectivity index (χ4n) is 0.969. The first-order chi connectivity index (χ1) is 6.00. The van der Waals surface area contributed by atoms with Gasteiger partial charge in [-0.25, -0.2) is 0 Å². The molecule has 0 saturated carbocycles. The fraction of sp³-hybridized carbons (Fsp3) is 0.333. The highest BCUT2D eigenvalue weighted by Crippen LogP contribution is 2.33. The molecule has 0 amide bonds. The predicted molar refractivity (Wildman–Crippen MR) is 60.2 cm³/mol. The molecule has 13 heavy (non-hydrogen) atoms. The maximum absolute atomic E-state index is 5.95. The van der Waals surface area contributed by atoms with Gasteiger partial charge in [0.2, 0.25) is 0 Å². The Hall–Kier alpha value is -0.110. The smallest absolute Gasteiger partial charge is 0.0721 e. The molecule has 0 unspecified atom stereocenters. The van der Waals surface area contributed by atoms with Gasteiger partial charge in [-0.05, 0) is 26.0 Å². The lowest BCUT2D eigenvalue weighted by Gasteiger charge is -2.13. The standard InChI is InChI=1S/C9H10Cl3N/c1-5(2)13-9-7(11)3-6(10)4-8(9)12/h3-5,13H,1-2H3. The lowest BCUT2D eigenvalue weighted by molar-refractivity contribution is 0.900. The highest BCUT2D eigenvalue weighted by Gasteiger charge is 2.07. The molecule has 0 atom stereocenters. The molecule has 0 aromatic heterocycles. The van der Waals surface area contributed by atoms with Gasteiger partial charge in [-0.1, -0.05) is 34.8 Å². The van der Waals surface area contributed by atoms with Gasteiger partial charge in [0, 0.05) is 11.1 Å². The lowest BCUT2D eigenvalue weighted by atomic mass is 10.3. The molecule has 0 aliphatic carbocycles. The first-order valence-corrected chi connectivity index (χ1v) is 5.05. The third-order valence-corrected chi connectivity index (χ3v) is 2.25. The number of nitrogens with one attached hydrogen (secondary N) is 1. The normalized spacial score (nSPS) is 10.6. The van der Waals surface area contributed by atoms with E-state index in [9.17, 15) is 0 Å². The van der Waals surface area contributed by atoms with Gasteiger partial charge in [0.15, 0.2) is 0 Å². The Labute approximate surface area is 93.0 Å². The van der Waals surface area contributed by atoms with Crippen LogP contribution in [0, 0.1) is 0 Å². The quantitative estimate of drug-likeness (QED) is 0.802. The SMILES string of the molecule is CC(C)Nc1c(Cl)cc(Cl)cc1Cl. The number of anilines is 1. The Morgan fingerprint density at radius 2 is 1.54 bits per heavy atom. The third kappa shape index (κ3) is 2.94. The first kappa shape index (κ1) is 11.0. The number of rotatable bonds is 2. The number of halogens is 3. The van der Waals surface area contributed by atoms with Gasteiger partial charge in [-0.2, -0.15) is 0 Å². The number of benzene rings is 1. The van der Waals surface area contributed by atoms with E-state index in [1.165, 1.54) is 0 Å². The van der Waals surface area contributed by atoms with Gasteiger partial charge in [-0.15, -0.1) is 0 Å². The van der Waals surface area contributed by atoms with Crippen LogP contribution in [0.15, 0.2) is 12.1 Å². The second-order valence-electron chi connectivity index (χ2n) is 3.04. The van der Waals surface area contributed by atoms with Crippen LogP contribution < -0.4 is 5.32 Å². The van der Waals surface area contributed by atoms with Crippen LogP contribution in [0.5, 0.6) is 0 Å². The van der Waals surface area contributed by atoms with Gasteiger partial charge in [0.1, 0.15) is 0 Å². The van der Waals surface area contributed by atoms with Crippen molar-refractivity contribution >= 4 is 40.5 Å². The van der Waals surface area contributed by atoms with E-state index in [1.807, 2.05) is 13.8 Å². The summed E-state index contributed by atoms with van der Waals surface area (Å²) in [4.78, 5) is 0. The van der Waals surface area contributed by atoms with Crippen LogP contribution in [-0.4, -0.2) is 6.04 Å². The third-order valence-electron chi connectivity index (χ3n) is 1.44. The fourth-order valence-corrected chi connectivity index (χ4v) is 1.89. The molecule has 0 aliphatic heterocycles. The topological polar surface area (TPSA) is 12.0 Å². The Bertz CT molecular complexity index is 287. The van der Waals surface area contributed by atoms with Gasteiger partial charge in [0.05, 0.1) is 15.7 Å². The highest BCUT2D eigenvalue weighted by atomic mass is 35.5. The molecule has 0 bridgehead atoms. The van der Waals surface area contributed by atoms with Crippen LogP contribution in [0.25, 0.3) is 0 Å². The van der Waals surface area contributed by atoms with Crippen LogP contribution in [0.1, 0.15) is 13.8 Å². The Morgan fingerprint density at radius 1 is 1.08 bits per heavy atom.